The van der Waals surface area contributed by atoms with E-state index in [1.165, 1.54) is 18.9 Å². The van der Waals surface area contributed by atoms with Gasteiger partial charge >= 0.3 is 24.4 Å². The van der Waals surface area contributed by atoms with Gasteiger partial charge in [0.2, 0.25) is 0 Å². The molecule has 1 aliphatic carbocycles. The Morgan fingerprint density at radius 2 is 1.62 bits per heavy atom. The van der Waals surface area contributed by atoms with Crippen LogP contribution in [0.1, 0.15) is 66.2 Å². The van der Waals surface area contributed by atoms with Gasteiger partial charge in [-0.3, -0.25) is 9.69 Å². The van der Waals surface area contributed by atoms with Crippen molar-refractivity contribution in [2.45, 2.75) is 63.1 Å². The highest BCUT2D eigenvalue weighted by molar-refractivity contribution is 5.77. The number of carbonyl (C=O) groups excluding carboxylic acids is 1. The molecule has 2 saturated heterocycles. The van der Waals surface area contributed by atoms with Crippen LogP contribution in [0.15, 0.2) is 48.5 Å². The summed E-state index contributed by atoms with van der Waals surface area (Å²) in [7, 11) is 1.50. The molecule has 8 nitrogen and oxygen atoms in total. The number of carboxylic acid groups (broad SMARTS) is 1. The predicted molar refractivity (Wildman–Crippen MR) is 157 cm³/mol. The molecule has 3 fully saturated rings. The Morgan fingerprint density at radius 3 is 2.17 bits per heavy atom. The summed E-state index contributed by atoms with van der Waals surface area (Å²) in [6.07, 6.45) is -10.5. The number of methoxy groups -OCH3 is 1. The number of nitrogens with zero attached hydrogens (tertiary/aromatic N) is 3. The second-order valence-corrected chi connectivity index (χ2v) is 12.2. The van der Waals surface area contributed by atoms with E-state index < -0.39 is 59.2 Å². The van der Waals surface area contributed by atoms with Crippen molar-refractivity contribution in [3.05, 3.63) is 76.5 Å². The molecule has 1 aromatic heterocycles. The summed E-state index contributed by atoms with van der Waals surface area (Å²) in [4.78, 5) is 32.7. The van der Waals surface area contributed by atoms with E-state index in [0.717, 1.165) is 25.1 Å². The van der Waals surface area contributed by atoms with E-state index in [0.29, 0.717) is 53.4 Å². The van der Waals surface area contributed by atoms with Crippen LogP contribution in [-0.2, 0) is 28.4 Å². The van der Waals surface area contributed by atoms with Crippen LogP contribution in [0, 0.1) is 5.92 Å². The van der Waals surface area contributed by atoms with Crippen LogP contribution in [0.4, 0.5) is 37.0 Å². The second-order valence-electron chi connectivity index (χ2n) is 12.2. The number of amides is 1. The Labute approximate surface area is 265 Å². The van der Waals surface area contributed by atoms with E-state index in [1.807, 2.05) is 29.2 Å². The number of hydrogen-bond acceptors (Lipinski definition) is 6. The van der Waals surface area contributed by atoms with Crippen LogP contribution < -0.4 is 9.64 Å². The van der Waals surface area contributed by atoms with Gasteiger partial charge in [0, 0.05) is 24.2 Å². The fourth-order valence-corrected chi connectivity index (χ4v) is 6.32. The molecule has 3 heterocycles. The van der Waals surface area contributed by atoms with Crippen molar-refractivity contribution in [3.8, 4) is 16.9 Å². The summed E-state index contributed by atoms with van der Waals surface area (Å²) < 4.78 is 92.6. The minimum atomic E-state index is -5.06. The van der Waals surface area contributed by atoms with Crippen molar-refractivity contribution < 1.29 is 50.5 Å². The summed E-state index contributed by atoms with van der Waals surface area (Å²) >= 11 is 0. The Morgan fingerprint density at radius 1 is 0.957 bits per heavy atom. The van der Waals surface area contributed by atoms with Crippen molar-refractivity contribution in [3.63, 3.8) is 0 Å². The molecule has 0 spiro atoms. The summed E-state index contributed by atoms with van der Waals surface area (Å²) in [6.45, 7) is 2.89. The number of alkyl halides is 6. The molecule has 1 N–H and O–H groups in total. The van der Waals surface area contributed by atoms with E-state index >= 15 is 0 Å². The maximum Gasteiger partial charge on any atom is 0.416 e. The van der Waals surface area contributed by atoms with Crippen molar-refractivity contribution in [2.75, 3.05) is 25.1 Å². The third-order valence-electron chi connectivity index (χ3n) is 9.26. The molecule has 14 heteroatoms. The smallest absolute Gasteiger partial charge is 0.416 e. The molecule has 1 saturated carbocycles. The normalized spacial score (nSPS) is 22.9. The third-order valence-corrected chi connectivity index (χ3v) is 9.26. The van der Waals surface area contributed by atoms with Gasteiger partial charge in [0.25, 0.3) is 0 Å². The number of halogens is 6. The molecule has 47 heavy (non-hydrogen) atoms. The Kier molecular flexibility index (Phi) is 8.25. The lowest BCUT2D eigenvalue weighted by Gasteiger charge is -2.34. The van der Waals surface area contributed by atoms with E-state index in [4.69, 9.17) is 14.5 Å². The van der Waals surface area contributed by atoms with Crippen LogP contribution in [0.25, 0.3) is 11.1 Å². The van der Waals surface area contributed by atoms with Gasteiger partial charge in [-0.1, -0.05) is 6.07 Å². The largest absolute Gasteiger partial charge is 0.496 e. The molecular formula is C33H31F6N3O5. The zero-order chi connectivity index (χ0) is 33.8. The number of carbonyl (C=O) groups is 2. The number of carboxylic acids is 1. The topological polar surface area (TPSA) is 92.2 Å². The molecule has 0 bridgehead atoms. The first-order valence-corrected chi connectivity index (χ1v) is 15.1. The molecule has 2 atom stereocenters. The molecule has 2 aliphatic heterocycles. The molecule has 3 aromatic rings. The van der Waals surface area contributed by atoms with Gasteiger partial charge in [0.15, 0.2) is 0 Å². The number of benzene rings is 2. The van der Waals surface area contributed by atoms with Gasteiger partial charge in [-0.05, 0) is 85.7 Å². The standard InChI is InChI=1S/C33H31F6N3O5/c1-17-29(20-12-22(32(34,35)36)15-23(13-20)33(37,38)39)47-31(45)42(17)16-26-24(5-7-28(40-26)41-8-3-9-41)25-14-18(4-6-27(25)46-2)19-10-21(11-19)30(43)44/h4-7,12-15,17,19,21,29H,3,8-11,16H2,1-2H3,(H,43,44)/t17-,19-,21-,29-/m0/s1. The fourth-order valence-electron chi connectivity index (χ4n) is 6.32. The maximum absolute atomic E-state index is 13.6. The Bertz CT molecular complexity index is 1670. The Hall–Kier alpha value is -4.49. The van der Waals surface area contributed by atoms with Gasteiger partial charge in [-0.15, -0.1) is 0 Å². The van der Waals surface area contributed by atoms with Gasteiger partial charge in [0.1, 0.15) is 17.7 Å². The number of pyridine rings is 1. The Balaban J connectivity index is 1.36. The summed E-state index contributed by atoms with van der Waals surface area (Å²) in [5.41, 5.74) is -0.837. The number of aliphatic carboxylic acids is 1. The fraction of sp³-hybridized carbons (Fsp3) is 0.424. The third kappa shape index (κ3) is 6.29. The zero-order valence-electron chi connectivity index (χ0n) is 25.4. The second kappa shape index (κ2) is 11.9. The number of aromatic nitrogens is 1. The monoisotopic (exact) mass is 663 g/mol. The molecule has 1 amide bonds. The average molecular weight is 664 g/mol. The van der Waals surface area contributed by atoms with Crippen LogP contribution in [0.2, 0.25) is 0 Å². The van der Waals surface area contributed by atoms with Gasteiger partial charge in [-0.2, -0.15) is 26.3 Å². The number of rotatable bonds is 8. The van der Waals surface area contributed by atoms with E-state index in [9.17, 15) is 41.0 Å². The predicted octanol–water partition coefficient (Wildman–Crippen LogP) is 7.67. The van der Waals surface area contributed by atoms with Crippen molar-refractivity contribution in [1.29, 1.82) is 0 Å². The molecule has 250 valence electrons. The van der Waals surface area contributed by atoms with E-state index in [2.05, 4.69) is 0 Å². The maximum atomic E-state index is 13.6. The summed E-state index contributed by atoms with van der Waals surface area (Å²) in [6, 6.07) is 9.47. The van der Waals surface area contributed by atoms with Crippen LogP contribution >= 0.6 is 0 Å². The minimum Gasteiger partial charge on any atom is -0.496 e. The van der Waals surface area contributed by atoms with Crippen LogP contribution in [0.3, 0.4) is 0 Å². The van der Waals surface area contributed by atoms with Gasteiger partial charge < -0.3 is 19.5 Å². The lowest BCUT2D eigenvalue weighted by molar-refractivity contribution is -0.145. The summed E-state index contributed by atoms with van der Waals surface area (Å²) in [5.74, 6) is -0.0778. The highest BCUT2D eigenvalue weighted by Crippen LogP contribution is 2.46. The van der Waals surface area contributed by atoms with Gasteiger partial charge in [-0.25, -0.2) is 9.78 Å². The molecule has 6 rings (SSSR count). The van der Waals surface area contributed by atoms with Crippen molar-refractivity contribution >= 4 is 17.9 Å². The molecular weight excluding hydrogens is 632 g/mol. The zero-order valence-corrected chi connectivity index (χ0v) is 25.4. The van der Waals surface area contributed by atoms with Crippen molar-refractivity contribution in [2.24, 2.45) is 5.92 Å². The highest BCUT2D eigenvalue weighted by Gasteiger charge is 2.44. The first kappa shape index (κ1) is 32.5. The first-order valence-electron chi connectivity index (χ1n) is 15.1. The minimum absolute atomic E-state index is 0.0286. The van der Waals surface area contributed by atoms with Crippen molar-refractivity contribution in [1.82, 2.24) is 9.88 Å². The molecule has 0 radical (unpaired) electrons. The number of ether oxygens (including phenoxy) is 2. The molecule has 2 aromatic carbocycles. The number of anilines is 1. The number of cyclic esters (lactones) is 1. The summed E-state index contributed by atoms with van der Waals surface area (Å²) in [5, 5.41) is 9.34. The molecule has 0 unspecified atom stereocenters. The average Bonchev–Trinajstić information content (AvgIpc) is 3.23. The first-order chi connectivity index (χ1) is 22.1. The lowest BCUT2D eigenvalue weighted by atomic mass is 9.71. The quantitative estimate of drug-likeness (QED) is 0.248. The van der Waals surface area contributed by atoms with Gasteiger partial charge in [0.05, 0.1) is 42.4 Å². The SMILES string of the molecule is COc1ccc([C@H]2C[C@H](C(=O)O)C2)cc1-c1ccc(N2CCC2)nc1CN1C(=O)O[C@H](c2cc(C(F)(F)F)cc(C(F)(F)F)c2)[C@@H]1C. The van der Waals surface area contributed by atoms with Crippen LogP contribution in [-0.4, -0.2) is 53.3 Å². The molecule has 3 aliphatic rings. The number of hydrogen-bond donors (Lipinski definition) is 1. The van der Waals surface area contributed by atoms with E-state index in [1.54, 1.807) is 6.07 Å². The van der Waals surface area contributed by atoms with Crippen LogP contribution in [0.5, 0.6) is 5.75 Å². The lowest BCUT2D eigenvalue weighted by Crippen LogP contribution is -2.38. The van der Waals surface area contributed by atoms with E-state index in [-0.39, 0.29) is 18.5 Å². The highest BCUT2D eigenvalue weighted by atomic mass is 19.4.